The fraction of sp³-hybridized carbons (Fsp3) is 0.571. The number of hydrogen-bond acceptors (Lipinski definition) is 5. The molecule has 112 valence electrons. The van der Waals surface area contributed by atoms with E-state index in [9.17, 15) is 4.79 Å². The highest BCUT2D eigenvalue weighted by molar-refractivity contribution is 5.96. The van der Waals surface area contributed by atoms with Crippen molar-refractivity contribution in [2.75, 3.05) is 30.9 Å². The van der Waals surface area contributed by atoms with Gasteiger partial charge in [-0.1, -0.05) is 13.8 Å². The number of carbonyl (C=O) groups is 1. The molecule has 0 radical (unpaired) electrons. The number of ether oxygens (including phenoxy) is 1. The predicted molar refractivity (Wildman–Crippen MR) is 79.2 cm³/mol. The van der Waals surface area contributed by atoms with Crippen molar-refractivity contribution in [2.24, 2.45) is 0 Å². The maximum atomic E-state index is 11.2. The molecular weight excluding hydrogens is 258 g/mol. The van der Waals surface area contributed by atoms with Crippen molar-refractivity contribution < 1.29 is 14.6 Å². The number of nitrogens with zero attached hydrogens (tertiary/aromatic N) is 2. The highest BCUT2D eigenvalue weighted by atomic mass is 16.5. The number of carboxylic acids is 1. The number of hydrogen-bond donors (Lipinski definition) is 2. The molecule has 1 heterocycles. The molecule has 0 aromatic carbocycles. The summed E-state index contributed by atoms with van der Waals surface area (Å²) in [4.78, 5) is 17.5. The topological polar surface area (TPSA) is 88.7 Å². The van der Waals surface area contributed by atoms with Gasteiger partial charge >= 0.3 is 5.97 Å². The molecule has 6 nitrogen and oxygen atoms in total. The van der Waals surface area contributed by atoms with E-state index in [1.165, 1.54) is 12.3 Å². The van der Waals surface area contributed by atoms with Crippen molar-refractivity contribution in [1.29, 1.82) is 0 Å². The Labute approximate surface area is 119 Å². The van der Waals surface area contributed by atoms with Gasteiger partial charge in [-0.2, -0.15) is 0 Å². The number of rotatable bonds is 8. The smallest absolute Gasteiger partial charge is 0.337 e. The number of aromatic carboxylic acids is 1. The summed E-state index contributed by atoms with van der Waals surface area (Å²) in [6.45, 7) is 5.34. The van der Waals surface area contributed by atoms with Crippen molar-refractivity contribution in [3.8, 4) is 0 Å². The quantitative estimate of drug-likeness (QED) is 0.757. The number of carboxylic acid groups (broad SMARTS) is 1. The van der Waals surface area contributed by atoms with Gasteiger partial charge in [0.15, 0.2) is 5.82 Å². The van der Waals surface area contributed by atoms with Crippen molar-refractivity contribution in [3.63, 3.8) is 0 Å². The second kappa shape index (κ2) is 7.69. The molecule has 3 N–H and O–H groups in total. The van der Waals surface area contributed by atoms with Crippen LogP contribution in [0.2, 0.25) is 0 Å². The third-order valence-electron chi connectivity index (χ3n) is 3.39. The lowest BCUT2D eigenvalue weighted by atomic mass is 10.1. The standard InChI is InChI=1S/C14H23N3O3/c1-4-10(5-2)17(8-9-20-3)13-12(15)11(14(18)19)6-7-16-13/h6-7,10H,4-5,8-9,15H2,1-3H3,(H,18,19). The zero-order chi connectivity index (χ0) is 15.1. The van der Waals surface area contributed by atoms with E-state index in [1.807, 2.05) is 4.90 Å². The summed E-state index contributed by atoms with van der Waals surface area (Å²) in [5.41, 5.74) is 6.28. The molecule has 0 atom stereocenters. The minimum atomic E-state index is -1.04. The molecule has 0 bridgehead atoms. The first kappa shape index (κ1) is 16.2. The Balaban J connectivity index is 3.19. The lowest BCUT2D eigenvalue weighted by Gasteiger charge is -2.32. The average molecular weight is 281 g/mol. The Morgan fingerprint density at radius 3 is 2.65 bits per heavy atom. The van der Waals surface area contributed by atoms with E-state index in [2.05, 4.69) is 18.8 Å². The largest absolute Gasteiger partial charge is 0.478 e. The van der Waals surface area contributed by atoms with Crippen molar-refractivity contribution in [1.82, 2.24) is 4.98 Å². The molecule has 0 amide bonds. The third-order valence-corrected chi connectivity index (χ3v) is 3.39. The van der Waals surface area contributed by atoms with Crippen LogP contribution in [-0.2, 0) is 4.74 Å². The number of aromatic nitrogens is 1. The van der Waals surface area contributed by atoms with Crippen LogP contribution in [0.4, 0.5) is 11.5 Å². The summed E-state index contributed by atoms with van der Waals surface area (Å²) >= 11 is 0. The third kappa shape index (κ3) is 3.60. The Hall–Kier alpha value is -1.82. The van der Waals surface area contributed by atoms with Crippen LogP contribution in [0.15, 0.2) is 12.3 Å². The summed E-state index contributed by atoms with van der Waals surface area (Å²) < 4.78 is 5.12. The van der Waals surface area contributed by atoms with Gasteiger partial charge in [0.25, 0.3) is 0 Å². The van der Waals surface area contributed by atoms with Crippen LogP contribution in [0.5, 0.6) is 0 Å². The van der Waals surface area contributed by atoms with Crippen molar-refractivity contribution >= 4 is 17.5 Å². The minimum Gasteiger partial charge on any atom is -0.478 e. The van der Waals surface area contributed by atoms with Gasteiger partial charge in [-0.3, -0.25) is 0 Å². The average Bonchev–Trinajstić information content (AvgIpc) is 2.44. The molecule has 0 aliphatic heterocycles. The zero-order valence-electron chi connectivity index (χ0n) is 12.3. The highest BCUT2D eigenvalue weighted by Gasteiger charge is 2.22. The summed E-state index contributed by atoms with van der Waals surface area (Å²) in [6, 6.07) is 1.67. The van der Waals surface area contributed by atoms with E-state index in [-0.39, 0.29) is 17.3 Å². The molecule has 0 spiro atoms. The molecule has 1 aromatic rings. The van der Waals surface area contributed by atoms with Crippen LogP contribution >= 0.6 is 0 Å². The normalized spacial score (nSPS) is 10.8. The molecule has 20 heavy (non-hydrogen) atoms. The molecule has 0 fully saturated rings. The first-order valence-electron chi connectivity index (χ1n) is 6.80. The Bertz CT molecular complexity index is 447. The van der Waals surface area contributed by atoms with Crippen LogP contribution in [0.3, 0.4) is 0 Å². The van der Waals surface area contributed by atoms with E-state index in [0.717, 1.165) is 12.8 Å². The van der Waals surface area contributed by atoms with Gasteiger partial charge in [0.2, 0.25) is 0 Å². The number of anilines is 2. The van der Waals surface area contributed by atoms with Gasteiger partial charge in [-0.25, -0.2) is 9.78 Å². The molecule has 0 aliphatic carbocycles. The Kier molecular flexibility index (Phi) is 6.24. The number of methoxy groups -OCH3 is 1. The first-order valence-corrected chi connectivity index (χ1v) is 6.80. The van der Waals surface area contributed by atoms with Gasteiger partial charge in [0, 0.05) is 25.9 Å². The van der Waals surface area contributed by atoms with E-state index in [4.69, 9.17) is 15.6 Å². The molecular formula is C14H23N3O3. The van der Waals surface area contributed by atoms with E-state index in [0.29, 0.717) is 19.0 Å². The number of nitrogen functional groups attached to an aromatic ring is 1. The van der Waals surface area contributed by atoms with Gasteiger partial charge in [0.1, 0.15) is 0 Å². The Morgan fingerprint density at radius 2 is 2.15 bits per heavy atom. The molecule has 1 rings (SSSR count). The van der Waals surface area contributed by atoms with Gasteiger partial charge in [-0.05, 0) is 18.9 Å². The van der Waals surface area contributed by atoms with Crippen LogP contribution in [-0.4, -0.2) is 42.4 Å². The fourth-order valence-electron chi connectivity index (χ4n) is 2.26. The summed E-state index contributed by atoms with van der Waals surface area (Å²) in [5, 5.41) is 9.15. The van der Waals surface area contributed by atoms with E-state index in [1.54, 1.807) is 7.11 Å². The molecule has 1 aromatic heterocycles. The minimum absolute atomic E-state index is 0.0865. The monoisotopic (exact) mass is 281 g/mol. The summed E-state index contributed by atoms with van der Waals surface area (Å²) in [6.07, 6.45) is 3.34. The first-order chi connectivity index (χ1) is 9.56. The Morgan fingerprint density at radius 1 is 1.50 bits per heavy atom. The highest BCUT2D eigenvalue weighted by Crippen LogP contribution is 2.27. The van der Waals surface area contributed by atoms with Crippen LogP contribution in [0, 0.1) is 0 Å². The maximum absolute atomic E-state index is 11.2. The number of nitrogens with two attached hydrogens (primary N) is 1. The molecule has 0 unspecified atom stereocenters. The van der Waals surface area contributed by atoms with E-state index >= 15 is 0 Å². The van der Waals surface area contributed by atoms with Crippen LogP contribution < -0.4 is 10.6 Å². The molecule has 0 aliphatic rings. The summed E-state index contributed by atoms with van der Waals surface area (Å²) in [7, 11) is 1.63. The second-order valence-electron chi connectivity index (χ2n) is 4.56. The summed E-state index contributed by atoms with van der Waals surface area (Å²) in [5.74, 6) is -0.516. The van der Waals surface area contributed by atoms with Crippen molar-refractivity contribution in [3.05, 3.63) is 17.8 Å². The van der Waals surface area contributed by atoms with Gasteiger partial charge in [-0.15, -0.1) is 0 Å². The second-order valence-corrected chi connectivity index (χ2v) is 4.56. The molecule has 0 saturated carbocycles. The van der Waals surface area contributed by atoms with E-state index < -0.39 is 5.97 Å². The van der Waals surface area contributed by atoms with Crippen molar-refractivity contribution in [2.45, 2.75) is 32.7 Å². The van der Waals surface area contributed by atoms with Crippen LogP contribution in [0.1, 0.15) is 37.0 Å². The lowest BCUT2D eigenvalue weighted by Crippen LogP contribution is -2.38. The lowest BCUT2D eigenvalue weighted by molar-refractivity contribution is 0.0698. The van der Waals surface area contributed by atoms with Gasteiger partial charge < -0.3 is 20.5 Å². The fourth-order valence-corrected chi connectivity index (χ4v) is 2.26. The molecule has 6 heteroatoms. The number of pyridine rings is 1. The maximum Gasteiger partial charge on any atom is 0.337 e. The van der Waals surface area contributed by atoms with Gasteiger partial charge in [0.05, 0.1) is 17.9 Å². The predicted octanol–water partition coefficient (Wildman–Crippen LogP) is 2.00. The zero-order valence-corrected chi connectivity index (χ0v) is 12.3. The molecule has 0 saturated heterocycles. The van der Waals surface area contributed by atoms with Crippen LogP contribution in [0.25, 0.3) is 0 Å². The SMILES string of the molecule is CCC(CC)N(CCOC)c1nccc(C(=O)O)c1N.